The van der Waals surface area contributed by atoms with Gasteiger partial charge in [-0.15, -0.1) is 0 Å². The van der Waals surface area contributed by atoms with E-state index in [0.717, 1.165) is 23.4 Å². The van der Waals surface area contributed by atoms with E-state index in [1.165, 1.54) is 0 Å². The zero-order chi connectivity index (χ0) is 14.0. The third-order valence-electron chi connectivity index (χ3n) is 2.68. The first kappa shape index (κ1) is 14.1. The molecule has 1 aromatic carbocycles. The van der Waals surface area contributed by atoms with Crippen molar-refractivity contribution in [3.05, 3.63) is 59.9 Å². The summed E-state index contributed by atoms with van der Waals surface area (Å²) in [4.78, 5) is 4.25. The molecule has 0 aliphatic heterocycles. The quantitative estimate of drug-likeness (QED) is 0.846. The van der Waals surface area contributed by atoms with Crippen molar-refractivity contribution in [3.63, 3.8) is 0 Å². The maximum Gasteiger partial charge on any atom is 0.119 e. The Morgan fingerprint density at radius 1 is 1.10 bits per heavy atom. The predicted molar refractivity (Wildman–Crippen MR) is 78.5 cm³/mol. The van der Waals surface area contributed by atoms with Crippen molar-refractivity contribution in [3.8, 4) is 17.6 Å². The number of hydrogen-bond donors (Lipinski definition) is 1. The van der Waals surface area contributed by atoms with Crippen LogP contribution in [0.5, 0.6) is 5.75 Å². The van der Waals surface area contributed by atoms with Gasteiger partial charge in [-0.2, -0.15) is 0 Å². The van der Waals surface area contributed by atoms with Crippen LogP contribution in [0.3, 0.4) is 0 Å². The molecule has 0 bridgehead atoms. The molecule has 1 heterocycles. The Labute approximate surface area is 119 Å². The SMILES string of the molecule is OCCC#Cc1ccc(OCCc2ccccn2)cc1. The first-order chi connectivity index (χ1) is 9.88. The second-order valence-corrected chi connectivity index (χ2v) is 4.22. The van der Waals surface area contributed by atoms with Gasteiger partial charge in [0.05, 0.1) is 13.2 Å². The first-order valence-electron chi connectivity index (χ1n) is 6.61. The molecule has 1 N–H and O–H groups in total. The van der Waals surface area contributed by atoms with Crippen molar-refractivity contribution in [2.75, 3.05) is 13.2 Å². The monoisotopic (exact) mass is 267 g/mol. The molecule has 0 saturated carbocycles. The number of hydrogen-bond acceptors (Lipinski definition) is 3. The van der Waals surface area contributed by atoms with E-state index < -0.39 is 0 Å². The van der Waals surface area contributed by atoms with Crippen molar-refractivity contribution in [2.45, 2.75) is 12.8 Å². The number of benzene rings is 1. The van der Waals surface area contributed by atoms with Crippen LogP contribution in [0.25, 0.3) is 0 Å². The van der Waals surface area contributed by atoms with Crippen LogP contribution in [0, 0.1) is 11.8 Å². The Bertz CT molecular complexity index is 567. The molecular weight excluding hydrogens is 250 g/mol. The fraction of sp³-hybridized carbons (Fsp3) is 0.235. The molecule has 20 heavy (non-hydrogen) atoms. The highest BCUT2D eigenvalue weighted by Gasteiger charge is 1.96. The van der Waals surface area contributed by atoms with Crippen LogP contribution in [0.2, 0.25) is 0 Å². The van der Waals surface area contributed by atoms with Crippen molar-refractivity contribution in [1.29, 1.82) is 0 Å². The summed E-state index contributed by atoms with van der Waals surface area (Å²) in [6.45, 7) is 0.703. The molecule has 0 fully saturated rings. The number of aromatic nitrogens is 1. The number of pyridine rings is 1. The van der Waals surface area contributed by atoms with Crippen molar-refractivity contribution in [1.82, 2.24) is 4.98 Å². The van der Waals surface area contributed by atoms with Crippen LogP contribution >= 0.6 is 0 Å². The van der Waals surface area contributed by atoms with E-state index in [0.29, 0.717) is 13.0 Å². The number of ether oxygens (including phenoxy) is 1. The number of nitrogens with zero attached hydrogens (tertiary/aromatic N) is 1. The third-order valence-corrected chi connectivity index (χ3v) is 2.68. The first-order valence-corrected chi connectivity index (χ1v) is 6.61. The minimum Gasteiger partial charge on any atom is -0.493 e. The van der Waals surface area contributed by atoms with Crippen LogP contribution < -0.4 is 4.74 Å². The molecule has 3 nitrogen and oxygen atoms in total. The second-order valence-electron chi connectivity index (χ2n) is 4.22. The average Bonchev–Trinajstić information content (AvgIpc) is 2.50. The molecule has 0 aliphatic carbocycles. The van der Waals surface area contributed by atoms with E-state index in [1.54, 1.807) is 6.20 Å². The van der Waals surface area contributed by atoms with Crippen LogP contribution in [0.15, 0.2) is 48.7 Å². The molecule has 3 heteroatoms. The van der Waals surface area contributed by atoms with Gasteiger partial charge in [-0.1, -0.05) is 17.9 Å². The highest BCUT2D eigenvalue weighted by molar-refractivity contribution is 5.38. The summed E-state index contributed by atoms with van der Waals surface area (Å²) < 4.78 is 5.66. The zero-order valence-corrected chi connectivity index (χ0v) is 11.2. The van der Waals surface area contributed by atoms with Gasteiger partial charge in [0.25, 0.3) is 0 Å². The van der Waals surface area contributed by atoms with Gasteiger partial charge in [-0.05, 0) is 36.4 Å². The number of aliphatic hydroxyl groups is 1. The van der Waals surface area contributed by atoms with Crippen LogP contribution in [-0.4, -0.2) is 23.3 Å². The van der Waals surface area contributed by atoms with Gasteiger partial charge in [0.2, 0.25) is 0 Å². The molecule has 0 saturated heterocycles. The van der Waals surface area contributed by atoms with E-state index in [9.17, 15) is 0 Å². The lowest BCUT2D eigenvalue weighted by molar-refractivity contribution is 0.305. The Hall–Kier alpha value is -2.31. The molecule has 0 radical (unpaired) electrons. The molecular formula is C17H17NO2. The van der Waals surface area contributed by atoms with Crippen LogP contribution in [-0.2, 0) is 6.42 Å². The lowest BCUT2D eigenvalue weighted by atomic mass is 10.2. The van der Waals surface area contributed by atoms with E-state index in [-0.39, 0.29) is 6.61 Å². The fourth-order valence-corrected chi connectivity index (χ4v) is 1.67. The summed E-state index contributed by atoms with van der Waals surface area (Å²) in [5, 5.41) is 8.65. The van der Waals surface area contributed by atoms with E-state index >= 15 is 0 Å². The van der Waals surface area contributed by atoms with Gasteiger partial charge < -0.3 is 9.84 Å². The van der Waals surface area contributed by atoms with Gasteiger partial charge in [-0.25, -0.2) is 0 Å². The molecule has 0 amide bonds. The topological polar surface area (TPSA) is 42.4 Å². The standard InChI is InChI=1S/C17H17NO2/c19-13-4-2-5-15-7-9-17(10-8-15)20-14-11-16-6-1-3-12-18-16/h1,3,6-10,12,19H,4,11,13-14H2. The van der Waals surface area contributed by atoms with Crippen molar-refractivity contribution in [2.24, 2.45) is 0 Å². The highest BCUT2D eigenvalue weighted by Crippen LogP contribution is 2.12. The van der Waals surface area contributed by atoms with Gasteiger partial charge in [-0.3, -0.25) is 4.98 Å². The molecule has 102 valence electrons. The summed E-state index contributed by atoms with van der Waals surface area (Å²) in [7, 11) is 0. The summed E-state index contributed by atoms with van der Waals surface area (Å²) in [5.41, 5.74) is 1.95. The minimum absolute atomic E-state index is 0.0989. The predicted octanol–water partition coefficient (Wildman–Crippen LogP) is 2.44. The molecule has 0 aliphatic rings. The smallest absolute Gasteiger partial charge is 0.119 e. The average molecular weight is 267 g/mol. The summed E-state index contributed by atoms with van der Waals surface area (Å²) >= 11 is 0. The highest BCUT2D eigenvalue weighted by atomic mass is 16.5. The maximum atomic E-state index is 8.65. The molecule has 0 spiro atoms. The Morgan fingerprint density at radius 2 is 1.95 bits per heavy atom. The number of aliphatic hydroxyl groups excluding tert-OH is 1. The second kappa shape index (κ2) is 7.98. The largest absolute Gasteiger partial charge is 0.493 e. The van der Waals surface area contributed by atoms with Gasteiger partial charge in [0, 0.05) is 30.3 Å². The third kappa shape index (κ3) is 4.75. The number of rotatable bonds is 5. The molecule has 0 atom stereocenters. The lowest BCUT2D eigenvalue weighted by Gasteiger charge is -2.05. The fourth-order valence-electron chi connectivity index (χ4n) is 1.67. The van der Waals surface area contributed by atoms with Crippen LogP contribution in [0.1, 0.15) is 17.7 Å². The molecule has 2 aromatic rings. The Morgan fingerprint density at radius 3 is 2.65 bits per heavy atom. The lowest BCUT2D eigenvalue weighted by Crippen LogP contribution is -2.02. The van der Waals surface area contributed by atoms with Crippen molar-refractivity contribution >= 4 is 0 Å². The van der Waals surface area contributed by atoms with Crippen molar-refractivity contribution < 1.29 is 9.84 Å². The zero-order valence-electron chi connectivity index (χ0n) is 11.2. The van der Waals surface area contributed by atoms with Gasteiger partial charge in [0.15, 0.2) is 0 Å². The Kier molecular flexibility index (Phi) is 5.63. The minimum atomic E-state index is 0.0989. The Balaban J connectivity index is 1.81. The van der Waals surface area contributed by atoms with Gasteiger partial charge >= 0.3 is 0 Å². The van der Waals surface area contributed by atoms with E-state index in [1.807, 2.05) is 42.5 Å². The normalized spacial score (nSPS) is 9.65. The van der Waals surface area contributed by atoms with Crippen LogP contribution in [0.4, 0.5) is 0 Å². The molecule has 0 unspecified atom stereocenters. The van der Waals surface area contributed by atoms with Gasteiger partial charge in [0.1, 0.15) is 5.75 Å². The van der Waals surface area contributed by atoms with E-state index in [2.05, 4.69) is 16.8 Å². The maximum absolute atomic E-state index is 8.65. The summed E-state index contributed by atoms with van der Waals surface area (Å²) in [6, 6.07) is 13.5. The van der Waals surface area contributed by atoms with E-state index in [4.69, 9.17) is 9.84 Å². The summed E-state index contributed by atoms with van der Waals surface area (Å²) in [5.74, 6) is 6.69. The summed E-state index contributed by atoms with van der Waals surface area (Å²) in [6.07, 6.45) is 3.08. The molecule has 1 aromatic heterocycles. The molecule has 2 rings (SSSR count).